The van der Waals surface area contributed by atoms with E-state index in [9.17, 15) is 0 Å². The van der Waals surface area contributed by atoms with Crippen LogP contribution < -0.4 is 4.90 Å². The van der Waals surface area contributed by atoms with E-state index in [-0.39, 0.29) is 0 Å². The highest BCUT2D eigenvalue weighted by Gasteiger charge is 2.22. The van der Waals surface area contributed by atoms with Crippen LogP contribution in [0.5, 0.6) is 0 Å². The van der Waals surface area contributed by atoms with Crippen LogP contribution in [0.2, 0.25) is 0 Å². The predicted octanol–water partition coefficient (Wildman–Crippen LogP) is 5.44. The van der Waals surface area contributed by atoms with Gasteiger partial charge in [-0.1, -0.05) is 33.8 Å². The van der Waals surface area contributed by atoms with Gasteiger partial charge in [-0.05, 0) is 46.3 Å². The van der Waals surface area contributed by atoms with E-state index < -0.39 is 0 Å². The molecule has 1 heterocycles. The lowest BCUT2D eigenvalue weighted by atomic mass is 10.2. The number of benzene rings is 2. The zero-order valence-corrected chi connectivity index (χ0v) is 13.1. The van der Waals surface area contributed by atoms with E-state index in [2.05, 4.69) is 80.2 Å². The van der Waals surface area contributed by atoms with Crippen LogP contribution in [0.4, 0.5) is 11.4 Å². The third-order valence-electron chi connectivity index (χ3n) is 2.80. The van der Waals surface area contributed by atoms with Crippen molar-refractivity contribution < 1.29 is 0 Å². The summed E-state index contributed by atoms with van der Waals surface area (Å²) < 4.78 is 2.27. The fourth-order valence-electron chi connectivity index (χ4n) is 1.95. The van der Waals surface area contributed by atoms with Gasteiger partial charge in [0.15, 0.2) is 0 Å². The van der Waals surface area contributed by atoms with Crippen molar-refractivity contribution in [3.63, 3.8) is 0 Å². The Labute approximate surface area is 121 Å². The summed E-state index contributed by atoms with van der Waals surface area (Å²) in [6.45, 7) is 0. The molecular formula is C13H9Br2NS. The molecule has 0 bridgehead atoms. The highest BCUT2D eigenvalue weighted by Crippen LogP contribution is 2.50. The van der Waals surface area contributed by atoms with Crippen LogP contribution in [0.15, 0.2) is 55.1 Å². The third-order valence-corrected chi connectivity index (χ3v) is 5.40. The molecule has 0 unspecified atom stereocenters. The van der Waals surface area contributed by atoms with Gasteiger partial charge in [-0.3, -0.25) is 0 Å². The summed E-state index contributed by atoms with van der Waals surface area (Å²) in [6.07, 6.45) is 0. The smallest absolute Gasteiger partial charge is 0.0561 e. The van der Waals surface area contributed by atoms with Crippen molar-refractivity contribution in [3.05, 3.63) is 45.3 Å². The maximum atomic E-state index is 3.62. The van der Waals surface area contributed by atoms with E-state index in [1.54, 1.807) is 0 Å². The normalized spacial score (nSPS) is 13.2. The van der Waals surface area contributed by atoms with Gasteiger partial charge in [0.05, 0.1) is 16.3 Å². The Morgan fingerprint density at radius 2 is 1.88 bits per heavy atom. The number of nitrogens with zero attached hydrogens (tertiary/aromatic N) is 1. The number of hydrogen-bond acceptors (Lipinski definition) is 2. The van der Waals surface area contributed by atoms with Crippen molar-refractivity contribution >= 4 is 55.0 Å². The summed E-state index contributed by atoms with van der Waals surface area (Å²) in [6, 6.07) is 12.7. The molecule has 2 aromatic rings. The highest BCUT2D eigenvalue weighted by atomic mass is 79.9. The monoisotopic (exact) mass is 369 g/mol. The fourth-order valence-corrected chi connectivity index (χ4v) is 4.25. The molecule has 4 heteroatoms. The Kier molecular flexibility index (Phi) is 2.97. The minimum Gasteiger partial charge on any atom is -0.343 e. The summed E-state index contributed by atoms with van der Waals surface area (Å²) >= 11 is 8.95. The molecular weight excluding hydrogens is 362 g/mol. The molecule has 0 aromatic heterocycles. The zero-order valence-electron chi connectivity index (χ0n) is 9.08. The molecule has 0 aliphatic carbocycles. The minimum atomic E-state index is 1.12. The zero-order chi connectivity index (χ0) is 12.0. The molecule has 1 nitrogen and oxygen atoms in total. The SMILES string of the molecule is CN1c2ccc(Br)cc2Sc2c(Br)cccc21. The van der Waals surface area contributed by atoms with E-state index in [1.165, 1.54) is 21.2 Å². The summed E-state index contributed by atoms with van der Waals surface area (Å²) in [4.78, 5) is 4.79. The first-order valence-corrected chi connectivity index (χ1v) is 7.57. The van der Waals surface area contributed by atoms with E-state index in [1.807, 2.05) is 11.8 Å². The molecule has 0 fully saturated rings. The van der Waals surface area contributed by atoms with E-state index in [0.29, 0.717) is 0 Å². The van der Waals surface area contributed by atoms with E-state index in [0.717, 1.165) is 8.95 Å². The number of fused-ring (bicyclic) bond motifs is 2. The van der Waals surface area contributed by atoms with Crippen molar-refractivity contribution in [2.75, 3.05) is 11.9 Å². The first-order chi connectivity index (χ1) is 8.16. The second-order valence-electron chi connectivity index (χ2n) is 3.86. The van der Waals surface area contributed by atoms with Crippen LogP contribution in [0.3, 0.4) is 0 Å². The summed E-state index contributed by atoms with van der Waals surface area (Å²) in [5.74, 6) is 0. The molecule has 0 N–H and O–H groups in total. The van der Waals surface area contributed by atoms with Gasteiger partial charge < -0.3 is 4.90 Å². The number of anilines is 2. The van der Waals surface area contributed by atoms with Gasteiger partial charge in [-0.25, -0.2) is 0 Å². The Morgan fingerprint density at radius 1 is 1.06 bits per heavy atom. The van der Waals surface area contributed by atoms with Crippen molar-refractivity contribution in [2.45, 2.75) is 9.79 Å². The number of hydrogen-bond donors (Lipinski definition) is 0. The summed E-state index contributed by atoms with van der Waals surface area (Å²) in [5.41, 5.74) is 2.50. The average molecular weight is 371 g/mol. The quantitative estimate of drug-likeness (QED) is 0.607. The van der Waals surface area contributed by atoms with Gasteiger partial charge in [0.2, 0.25) is 0 Å². The molecule has 0 spiro atoms. The molecule has 0 radical (unpaired) electrons. The van der Waals surface area contributed by atoms with Gasteiger partial charge in [0, 0.05) is 20.9 Å². The standard InChI is InChI=1S/C13H9Br2NS/c1-16-10-6-5-8(14)7-12(10)17-13-9(15)3-2-4-11(13)16/h2-7H,1H3. The average Bonchev–Trinajstić information content (AvgIpc) is 2.30. The molecule has 0 saturated heterocycles. The second kappa shape index (κ2) is 4.34. The van der Waals surface area contributed by atoms with E-state index >= 15 is 0 Å². The lowest BCUT2D eigenvalue weighted by Gasteiger charge is -2.30. The first kappa shape index (κ1) is 11.6. The van der Waals surface area contributed by atoms with Crippen molar-refractivity contribution in [1.29, 1.82) is 0 Å². The van der Waals surface area contributed by atoms with Crippen molar-refractivity contribution in [3.8, 4) is 0 Å². The van der Waals surface area contributed by atoms with Gasteiger partial charge in [0.25, 0.3) is 0 Å². The predicted molar refractivity (Wildman–Crippen MR) is 80.5 cm³/mol. The van der Waals surface area contributed by atoms with Crippen LogP contribution >= 0.6 is 43.6 Å². The lowest BCUT2D eigenvalue weighted by Crippen LogP contribution is -2.14. The second-order valence-corrected chi connectivity index (χ2v) is 6.68. The molecule has 86 valence electrons. The number of halogens is 2. The lowest BCUT2D eigenvalue weighted by molar-refractivity contribution is 1.10. The summed E-state index contributed by atoms with van der Waals surface area (Å²) in [7, 11) is 2.11. The van der Waals surface area contributed by atoms with Gasteiger partial charge in [-0.15, -0.1) is 0 Å². The van der Waals surface area contributed by atoms with Crippen LogP contribution in [-0.4, -0.2) is 7.05 Å². The topological polar surface area (TPSA) is 3.24 Å². The molecule has 0 amide bonds. The van der Waals surface area contributed by atoms with Crippen LogP contribution in [0.1, 0.15) is 0 Å². The van der Waals surface area contributed by atoms with Crippen molar-refractivity contribution in [2.24, 2.45) is 0 Å². The Morgan fingerprint density at radius 3 is 2.71 bits per heavy atom. The van der Waals surface area contributed by atoms with Crippen molar-refractivity contribution in [1.82, 2.24) is 0 Å². The molecule has 1 aliphatic heterocycles. The van der Waals surface area contributed by atoms with Gasteiger partial charge in [-0.2, -0.15) is 0 Å². The molecule has 2 aromatic carbocycles. The maximum Gasteiger partial charge on any atom is 0.0561 e. The highest BCUT2D eigenvalue weighted by molar-refractivity contribution is 9.10. The summed E-state index contributed by atoms with van der Waals surface area (Å²) in [5, 5.41) is 0. The van der Waals surface area contributed by atoms with Crippen LogP contribution in [-0.2, 0) is 0 Å². The van der Waals surface area contributed by atoms with Crippen LogP contribution in [0.25, 0.3) is 0 Å². The van der Waals surface area contributed by atoms with Crippen LogP contribution in [0, 0.1) is 0 Å². The molecule has 3 rings (SSSR count). The van der Waals surface area contributed by atoms with Gasteiger partial charge >= 0.3 is 0 Å². The first-order valence-electron chi connectivity index (χ1n) is 5.16. The maximum absolute atomic E-state index is 3.62. The molecule has 1 aliphatic rings. The largest absolute Gasteiger partial charge is 0.343 e. The minimum absolute atomic E-state index is 1.12. The van der Waals surface area contributed by atoms with E-state index in [4.69, 9.17) is 0 Å². The fraction of sp³-hybridized carbons (Fsp3) is 0.0769. The third kappa shape index (κ3) is 1.92. The Balaban J connectivity index is 2.21. The Bertz CT molecular complexity index is 598. The Hall–Kier alpha value is -0.450. The molecule has 17 heavy (non-hydrogen) atoms. The van der Waals surface area contributed by atoms with Gasteiger partial charge in [0.1, 0.15) is 0 Å². The molecule has 0 atom stereocenters. The molecule has 0 saturated carbocycles. The number of rotatable bonds is 0.